The first-order chi connectivity index (χ1) is 14.1. The van der Waals surface area contributed by atoms with Gasteiger partial charge in [-0.15, -0.1) is 0 Å². The van der Waals surface area contributed by atoms with Crippen molar-refractivity contribution >= 4 is 12.0 Å². The van der Waals surface area contributed by atoms with Crippen molar-refractivity contribution < 1.29 is 13.7 Å². The first-order valence-corrected chi connectivity index (χ1v) is 9.72. The van der Waals surface area contributed by atoms with Crippen molar-refractivity contribution in [2.75, 3.05) is 26.2 Å². The van der Waals surface area contributed by atoms with E-state index in [0.29, 0.717) is 37.1 Å². The summed E-state index contributed by atoms with van der Waals surface area (Å²) in [6.45, 7) is 7.37. The Labute approximate surface area is 169 Å². The fraction of sp³-hybridized carbons (Fsp3) is 0.318. The number of aromatic nitrogens is 2. The summed E-state index contributed by atoms with van der Waals surface area (Å²) in [5.41, 5.74) is 2.14. The molecule has 1 saturated heterocycles. The minimum Gasteiger partial charge on any atom is -0.462 e. The van der Waals surface area contributed by atoms with Crippen LogP contribution in [0.15, 0.2) is 51.4 Å². The summed E-state index contributed by atoms with van der Waals surface area (Å²) in [6, 6.07) is 11.8. The van der Waals surface area contributed by atoms with E-state index in [4.69, 9.17) is 8.94 Å². The molecule has 0 saturated carbocycles. The van der Waals surface area contributed by atoms with Gasteiger partial charge in [-0.3, -0.25) is 9.69 Å². The molecule has 0 bridgehead atoms. The van der Waals surface area contributed by atoms with E-state index >= 15 is 0 Å². The van der Waals surface area contributed by atoms with E-state index in [0.717, 1.165) is 24.4 Å². The lowest BCUT2D eigenvalue weighted by molar-refractivity contribution is -0.127. The van der Waals surface area contributed by atoms with Gasteiger partial charge in [0.2, 0.25) is 17.6 Å². The number of aryl methyl sites for hydroxylation is 2. The van der Waals surface area contributed by atoms with Gasteiger partial charge in [-0.2, -0.15) is 4.98 Å². The van der Waals surface area contributed by atoms with E-state index < -0.39 is 0 Å². The molecule has 7 heteroatoms. The summed E-state index contributed by atoms with van der Waals surface area (Å²) in [7, 11) is 0. The van der Waals surface area contributed by atoms with E-state index in [9.17, 15) is 4.79 Å². The lowest BCUT2D eigenvalue weighted by Crippen LogP contribution is -2.47. The summed E-state index contributed by atoms with van der Waals surface area (Å²) >= 11 is 0. The quantitative estimate of drug-likeness (QED) is 0.620. The Morgan fingerprint density at radius 1 is 1.07 bits per heavy atom. The van der Waals surface area contributed by atoms with Crippen LogP contribution in [0.4, 0.5) is 0 Å². The van der Waals surface area contributed by atoms with Crippen LogP contribution in [-0.4, -0.2) is 52.0 Å². The zero-order valence-electron chi connectivity index (χ0n) is 16.7. The van der Waals surface area contributed by atoms with Crippen molar-refractivity contribution in [1.82, 2.24) is 19.9 Å². The Morgan fingerprint density at radius 3 is 2.52 bits per heavy atom. The van der Waals surface area contributed by atoms with Gasteiger partial charge in [0.05, 0.1) is 6.54 Å². The number of benzene rings is 1. The number of piperazine rings is 1. The van der Waals surface area contributed by atoms with Gasteiger partial charge in [0.15, 0.2) is 0 Å². The maximum Gasteiger partial charge on any atom is 0.246 e. The third kappa shape index (κ3) is 4.81. The summed E-state index contributed by atoms with van der Waals surface area (Å²) in [5.74, 6) is 2.71. The molecule has 2 aromatic heterocycles. The monoisotopic (exact) mass is 392 g/mol. The van der Waals surface area contributed by atoms with Crippen molar-refractivity contribution in [3.63, 3.8) is 0 Å². The first-order valence-electron chi connectivity index (χ1n) is 9.72. The highest BCUT2D eigenvalue weighted by Gasteiger charge is 2.21. The lowest BCUT2D eigenvalue weighted by atomic mass is 10.1. The van der Waals surface area contributed by atoms with E-state index in [-0.39, 0.29) is 5.91 Å². The second kappa shape index (κ2) is 8.45. The zero-order chi connectivity index (χ0) is 20.2. The Kier molecular flexibility index (Phi) is 5.57. The van der Waals surface area contributed by atoms with Crippen molar-refractivity contribution in [2.45, 2.75) is 20.4 Å². The summed E-state index contributed by atoms with van der Waals surface area (Å²) in [6.07, 6.45) is 3.28. The molecule has 4 rings (SSSR count). The molecule has 0 aliphatic carbocycles. The number of hydrogen-bond acceptors (Lipinski definition) is 6. The molecule has 150 valence electrons. The van der Waals surface area contributed by atoms with Crippen molar-refractivity contribution in [2.24, 2.45) is 0 Å². The van der Waals surface area contributed by atoms with Gasteiger partial charge in [0, 0.05) is 37.8 Å². The van der Waals surface area contributed by atoms with Gasteiger partial charge in [-0.05, 0) is 32.1 Å². The highest BCUT2D eigenvalue weighted by Crippen LogP contribution is 2.17. The number of furan rings is 1. The number of nitrogens with zero attached hydrogens (tertiary/aromatic N) is 4. The predicted octanol–water partition coefficient (Wildman–Crippen LogP) is 3.30. The third-order valence-corrected chi connectivity index (χ3v) is 4.97. The summed E-state index contributed by atoms with van der Waals surface area (Å²) in [5, 5.41) is 4.08. The molecule has 1 fully saturated rings. The molecule has 3 heterocycles. The minimum absolute atomic E-state index is 0.00171. The maximum absolute atomic E-state index is 12.4. The summed E-state index contributed by atoms with van der Waals surface area (Å²) < 4.78 is 10.9. The molecule has 1 amide bonds. The molecule has 1 aromatic carbocycles. The molecule has 0 N–H and O–H groups in total. The largest absolute Gasteiger partial charge is 0.462 e. The van der Waals surface area contributed by atoms with Crippen LogP contribution >= 0.6 is 0 Å². The second-order valence-corrected chi connectivity index (χ2v) is 7.26. The highest BCUT2D eigenvalue weighted by molar-refractivity contribution is 5.91. The standard InChI is InChI=1S/C22H24N4O3/c1-16-3-6-18(7-4-16)22-23-20(29-24-22)15-25-11-13-26(14-12-25)21(27)10-9-19-8-5-17(2)28-19/h3-10H,11-15H2,1-2H3/b10-9+. The molecule has 29 heavy (non-hydrogen) atoms. The molecule has 0 atom stereocenters. The van der Waals surface area contributed by atoms with Crippen LogP contribution in [0.25, 0.3) is 17.5 Å². The van der Waals surface area contributed by atoms with E-state index in [1.165, 1.54) is 5.56 Å². The van der Waals surface area contributed by atoms with Gasteiger partial charge in [0.1, 0.15) is 11.5 Å². The Morgan fingerprint density at radius 2 is 1.83 bits per heavy atom. The molecule has 0 radical (unpaired) electrons. The average Bonchev–Trinajstić information content (AvgIpc) is 3.36. The van der Waals surface area contributed by atoms with Gasteiger partial charge in [-0.1, -0.05) is 35.0 Å². The Balaban J connectivity index is 1.28. The predicted molar refractivity (Wildman–Crippen MR) is 109 cm³/mol. The number of amides is 1. The summed E-state index contributed by atoms with van der Waals surface area (Å²) in [4.78, 5) is 20.9. The fourth-order valence-electron chi connectivity index (χ4n) is 3.26. The molecular formula is C22H24N4O3. The number of hydrogen-bond donors (Lipinski definition) is 0. The minimum atomic E-state index is -0.00171. The molecular weight excluding hydrogens is 368 g/mol. The first kappa shape index (κ1) is 19.1. The SMILES string of the molecule is Cc1ccc(-c2noc(CN3CCN(C(=O)/C=C/c4ccc(C)o4)CC3)n2)cc1. The topological polar surface area (TPSA) is 75.6 Å². The lowest BCUT2D eigenvalue weighted by Gasteiger charge is -2.33. The zero-order valence-corrected chi connectivity index (χ0v) is 16.7. The third-order valence-electron chi connectivity index (χ3n) is 4.97. The van der Waals surface area contributed by atoms with Crippen molar-refractivity contribution in [3.05, 3.63) is 65.4 Å². The normalized spacial score (nSPS) is 15.3. The molecule has 3 aromatic rings. The van der Waals surface area contributed by atoms with Crippen LogP contribution in [0.1, 0.15) is 23.0 Å². The fourth-order valence-corrected chi connectivity index (χ4v) is 3.26. The van der Waals surface area contributed by atoms with Gasteiger partial charge in [0.25, 0.3) is 0 Å². The van der Waals surface area contributed by atoms with Gasteiger partial charge >= 0.3 is 0 Å². The second-order valence-electron chi connectivity index (χ2n) is 7.26. The average molecular weight is 392 g/mol. The maximum atomic E-state index is 12.4. The number of carbonyl (C=O) groups is 1. The van der Waals surface area contributed by atoms with E-state index in [1.54, 1.807) is 12.2 Å². The van der Waals surface area contributed by atoms with Gasteiger partial charge < -0.3 is 13.8 Å². The van der Waals surface area contributed by atoms with Crippen molar-refractivity contribution in [1.29, 1.82) is 0 Å². The van der Waals surface area contributed by atoms with Crippen LogP contribution in [0, 0.1) is 13.8 Å². The van der Waals surface area contributed by atoms with E-state index in [1.807, 2.05) is 55.1 Å². The van der Waals surface area contributed by atoms with Crippen LogP contribution in [0.3, 0.4) is 0 Å². The Bertz CT molecular complexity index is 995. The highest BCUT2D eigenvalue weighted by atomic mass is 16.5. The van der Waals surface area contributed by atoms with Crippen LogP contribution in [-0.2, 0) is 11.3 Å². The number of carbonyl (C=O) groups excluding carboxylic acids is 1. The molecule has 1 aliphatic rings. The molecule has 0 unspecified atom stereocenters. The van der Waals surface area contributed by atoms with Crippen LogP contribution in [0.5, 0.6) is 0 Å². The Hall–Kier alpha value is -3.19. The molecule has 0 spiro atoms. The van der Waals surface area contributed by atoms with Crippen LogP contribution in [0.2, 0.25) is 0 Å². The molecule has 7 nitrogen and oxygen atoms in total. The van der Waals surface area contributed by atoms with Crippen LogP contribution < -0.4 is 0 Å². The number of rotatable bonds is 5. The van der Waals surface area contributed by atoms with Gasteiger partial charge in [-0.25, -0.2) is 0 Å². The van der Waals surface area contributed by atoms with E-state index in [2.05, 4.69) is 15.0 Å². The molecule has 1 aliphatic heterocycles. The van der Waals surface area contributed by atoms with Crippen molar-refractivity contribution in [3.8, 4) is 11.4 Å². The smallest absolute Gasteiger partial charge is 0.246 e.